The first kappa shape index (κ1) is 16.9. The van der Waals surface area contributed by atoms with Crippen LogP contribution < -0.4 is 5.73 Å². The van der Waals surface area contributed by atoms with Gasteiger partial charge in [0.2, 0.25) is 0 Å². The van der Waals surface area contributed by atoms with E-state index in [1.807, 2.05) is 16.8 Å². The van der Waals surface area contributed by atoms with Crippen LogP contribution in [0.1, 0.15) is 17.2 Å². The first-order valence-electron chi connectivity index (χ1n) is 8.44. The predicted molar refractivity (Wildman–Crippen MR) is 102 cm³/mol. The first-order chi connectivity index (χ1) is 12.1. The van der Waals surface area contributed by atoms with E-state index in [-0.39, 0.29) is 0 Å². The Hall–Kier alpha value is -1.59. The minimum Gasteiger partial charge on any atom is -0.330 e. The highest BCUT2D eigenvalue weighted by molar-refractivity contribution is 6.36. The number of nitrogens with zero attached hydrogens (tertiary/aromatic N) is 3. The molecule has 4 nitrogen and oxygen atoms in total. The number of halogens is 2. The lowest BCUT2D eigenvalue weighted by Gasteiger charge is -2.16. The maximum atomic E-state index is 6.24. The van der Waals surface area contributed by atoms with Crippen molar-refractivity contribution in [1.82, 2.24) is 14.3 Å². The SMILES string of the molecule is NC[C@@H]1CN(Cc2cn3cc(Cl)cc(Cl)c3n2)C[C@H]1c1ccccc1. The molecule has 1 aliphatic rings. The predicted octanol–water partition coefficient (Wildman–Crippen LogP) is 3.82. The van der Waals surface area contributed by atoms with Crippen LogP contribution in [0, 0.1) is 5.92 Å². The molecular formula is C19H20Cl2N4. The summed E-state index contributed by atoms with van der Waals surface area (Å²) in [4.78, 5) is 7.09. The van der Waals surface area contributed by atoms with Crippen LogP contribution in [-0.4, -0.2) is 33.9 Å². The van der Waals surface area contributed by atoms with Crippen LogP contribution in [0.3, 0.4) is 0 Å². The quantitative estimate of drug-likeness (QED) is 0.754. The topological polar surface area (TPSA) is 46.6 Å². The largest absolute Gasteiger partial charge is 0.330 e. The highest BCUT2D eigenvalue weighted by Gasteiger charge is 2.33. The fourth-order valence-electron chi connectivity index (χ4n) is 3.79. The number of fused-ring (bicyclic) bond motifs is 1. The van der Waals surface area contributed by atoms with Gasteiger partial charge in [0.15, 0.2) is 5.65 Å². The molecule has 2 aromatic heterocycles. The summed E-state index contributed by atoms with van der Waals surface area (Å²) < 4.78 is 1.89. The second kappa shape index (κ2) is 6.96. The molecular weight excluding hydrogens is 355 g/mol. The molecule has 2 N–H and O–H groups in total. The molecule has 0 aliphatic carbocycles. The van der Waals surface area contributed by atoms with Crippen molar-refractivity contribution in [2.24, 2.45) is 11.7 Å². The second-order valence-electron chi connectivity index (χ2n) is 6.68. The number of imidazole rings is 1. The molecule has 2 atom stereocenters. The number of hydrogen-bond donors (Lipinski definition) is 1. The average molecular weight is 375 g/mol. The molecule has 3 heterocycles. The second-order valence-corrected chi connectivity index (χ2v) is 7.52. The Morgan fingerprint density at radius 1 is 1.12 bits per heavy atom. The molecule has 0 bridgehead atoms. The van der Waals surface area contributed by atoms with E-state index in [0.29, 0.717) is 28.4 Å². The summed E-state index contributed by atoms with van der Waals surface area (Å²) in [6.45, 7) is 3.46. The molecule has 3 aromatic rings. The lowest BCUT2D eigenvalue weighted by atomic mass is 9.89. The van der Waals surface area contributed by atoms with Gasteiger partial charge in [0.05, 0.1) is 15.7 Å². The fraction of sp³-hybridized carbons (Fsp3) is 0.316. The van der Waals surface area contributed by atoms with E-state index in [1.165, 1.54) is 5.56 Å². The van der Waals surface area contributed by atoms with Crippen LogP contribution in [0.4, 0.5) is 0 Å². The van der Waals surface area contributed by atoms with Gasteiger partial charge in [0.25, 0.3) is 0 Å². The number of pyridine rings is 1. The van der Waals surface area contributed by atoms with Crippen molar-refractivity contribution in [1.29, 1.82) is 0 Å². The number of hydrogen-bond acceptors (Lipinski definition) is 3. The Labute approximate surface area is 157 Å². The minimum atomic E-state index is 0.470. The lowest BCUT2D eigenvalue weighted by molar-refractivity contribution is 0.313. The number of rotatable bonds is 4. The summed E-state index contributed by atoms with van der Waals surface area (Å²) in [5.41, 5.74) is 9.14. The summed E-state index contributed by atoms with van der Waals surface area (Å²) in [6.07, 6.45) is 3.83. The monoisotopic (exact) mass is 374 g/mol. The maximum absolute atomic E-state index is 6.24. The molecule has 1 fully saturated rings. The number of aromatic nitrogens is 2. The van der Waals surface area contributed by atoms with Gasteiger partial charge in [-0.25, -0.2) is 4.98 Å². The minimum absolute atomic E-state index is 0.470. The number of benzene rings is 1. The van der Waals surface area contributed by atoms with Crippen LogP contribution in [-0.2, 0) is 6.54 Å². The first-order valence-corrected chi connectivity index (χ1v) is 9.19. The van der Waals surface area contributed by atoms with Crippen molar-refractivity contribution in [3.63, 3.8) is 0 Å². The third-order valence-electron chi connectivity index (χ3n) is 4.96. The number of likely N-dealkylation sites (tertiary alicyclic amines) is 1. The summed E-state index contributed by atoms with van der Waals surface area (Å²) in [7, 11) is 0. The van der Waals surface area contributed by atoms with Gasteiger partial charge < -0.3 is 10.1 Å². The molecule has 1 aromatic carbocycles. The molecule has 0 radical (unpaired) electrons. The Balaban J connectivity index is 1.54. The van der Waals surface area contributed by atoms with Gasteiger partial charge in [-0.15, -0.1) is 0 Å². The van der Waals surface area contributed by atoms with Crippen LogP contribution >= 0.6 is 23.2 Å². The van der Waals surface area contributed by atoms with Gasteiger partial charge in [-0.05, 0) is 24.1 Å². The van der Waals surface area contributed by atoms with Crippen LogP contribution in [0.25, 0.3) is 5.65 Å². The smallest absolute Gasteiger partial charge is 0.156 e. The van der Waals surface area contributed by atoms with Gasteiger partial charge in [-0.3, -0.25) is 4.90 Å². The average Bonchev–Trinajstić information content (AvgIpc) is 3.19. The van der Waals surface area contributed by atoms with Gasteiger partial charge in [-0.1, -0.05) is 53.5 Å². The molecule has 1 aliphatic heterocycles. The Bertz CT molecular complexity index is 878. The van der Waals surface area contributed by atoms with E-state index in [4.69, 9.17) is 28.9 Å². The zero-order chi connectivity index (χ0) is 17.4. The van der Waals surface area contributed by atoms with E-state index in [1.54, 1.807) is 6.07 Å². The molecule has 4 rings (SSSR count). The van der Waals surface area contributed by atoms with Gasteiger partial charge in [0, 0.05) is 37.9 Å². The van der Waals surface area contributed by atoms with E-state index >= 15 is 0 Å². The van der Waals surface area contributed by atoms with E-state index in [0.717, 1.165) is 31.0 Å². The molecule has 0 spiro atoms. The highest BCUT2D eigenvalue weighted by atomic mass is 35.5. The van der Waals surface area contributed by atoms with Gasteiger partial charge in [-0.2, -0.15) is 0 Å². The summed E-state index contributed by atoms with van der Waals surface area (Å²) in [6, 6.07) is 12.4. The molecule has 6 heteroatoms. The zero-order valence-corrected chi connectivity index (χ0v) is 15.3. The zero-order valence-electron chi connectivity index (χ0n) is 13.8. The van der Waals surface area contributed by atoms with Gasteiger partial charge >= 0.3 is 0 Å². The lowest BCUT2D eigenvalue weighted by Crippen LogP contribution is -2.23. The number of nitrogens with two attached hydrogens (primary N) is 1. The Morgan fingerprint density at radius 2 is 1.92 bits per heavy atom. The van der Waals surface area contributed by atoms with Crippen molar-refractivity contribution in [2.45, 2.75) is 12.5 Å². The van der Waals surface area contributed by atoms with Crippen molar-refractivity contribution in [3.05, 3.63) is 70.1 Å². The van der Waals surface area contributed by atoms with E-state index < -0.39 is 0 Å². The summed E-state index contributed by atoms with van der Waals surface area (Å²) in [5, 5.41) is 1.18. The van der Waals surface area contributed by atoms with Crippen molar-refractivity contribution in [3.8, 4) is 0 Å². The van der Waals surface area contributed by atoms with Gasteiger partial charge in [0.1, 0.15) is 0 Å². The molecule has 0 unspecified atom stereocenters. The van der Waals surface area contributed by atoms with Crippen LogP contribution in [0.15, 0.2) is 48.8 Å². The molecule has 0 amide bonds. The maximum Gasteiger partial charge on any atom is 0.156 e. The summed E-state index contributed by atoms with van der Waals surface area (Å²) in [5.74, 6) is 0.943. The van der Waals surface area contributed by atoms with Crippen LogP contribution in [0.5, 0.6) is 0 Å². The third kappa shape index (κ3) is 3.40. The normalized spacial score (nSPS) is 21.2. The molecule has 130 valence electrons. The molecule has 25 heavy (non-hydrogen) atoms. The van der Waals surface area contributed by atoms with Crippen molar-refractivity contribution >= 4 is 28.8 Å². The molecule has 1 saturated heterocycles. The van der Waals surface area contributed by atoms with Crippen LogP contribution in [0.2, 0.25) is 10.0 Å². The van der Waals surface area contributed by atoms with Crippen molar-refractivity contribution < 1.29 is 0 Å². The molecule has 0 saturated carbocycles. The third-order valence-corrected chi connectivity index (χ3v) is 5.44. The Morgan fingerprint density at radius 3 is 2.68 bits per heavy atom. The Kier molecular flexibility index (Phi) is 4.69. The van der Waals surface area contributed by atoms with E-state index in [2.05, 4.69) is 40.2 Å². The van der Waals surface area contributed by atoms with E-state index in [9.17, 15) is 0 Å². The van der Waals surface area contributed by atoms with Crippen molar-refractivity contribution in [2.75, 3.05) is 19.6 Å². The highest BCUT2D eigenvalue weighted by Crippen LogP contribution is 2.33. The standard InChI is InChI=1S/C19H20Cl2N4/c20-15-6-18(21)19-23-16(11-25(19)9-15)10-24-8-14(7-22)17(12-24)13-4-2-1-3-5-13/h1-6,9,11,14,17H,7-8,10,12,22H2/t14-,17+/m1/s1. The fourth-order valence-corrected chi connectivity index (χ4v) is 4.31. The summed E-state index contributed by atoms with van der Waals surface area (Å²) >= 11 is 12.3.